The molecule has 1 atom stereocenters. The normalized spacial score (nSPS) is 17.1. The molecular formula is C16H16BrN5O3. The van der Waals surface area contributed by atoms with Gasteiger partial charge in [-0.2, -0.15) is 0 Å². The largest absolute Gasteiger partial charge is 0.503 e. The SMILES string of the molecule is COc1cccc(Nc2nc(Br)nc3c2ncn3C2CCCO2)c1O. The number of imidazole rings is 1. The Kier molecular flexibility index (Phi) is 4.18. The highest BCUT2D eigenvalue weighted by Crippen LogP contribution is 2.36. The van der Waals surface area contributed by atoms with E-state index >= 15 is 0 Å². The van der Waals surface area contributed by atoms with Gasteiger partial charge in [-0.05, 0) is 40.9 Å². The minimum absolute atomic E-state index is 0.00597. The first kappa shape index (κ1) is 16.1. The maximum absolute atomic E-state index is 10.3. The number of ether oxygens (including phenoxy) is 2. The standard InChI is InChI=1S/C16H16BrN5O3/c1-24-10-5-2-4-9(13(10)23)19-14-12-15(21-16(17)20-14)22(8-18-12)11-6-3-7-25-11/h2,4-5,8,11,23H,3,6-7H2,1H3,(H,19,20,21). The Morgan fingerprint density at radius 1 is 1.40 bits per heavy atom. The van der Waals surface area contributed by atoms with Crippen molar-refractivity contribution in [3.05, 3.63) is 29.3 Å². The third-order valence-corrected chi connectivity index (χ3v) is 4.44. The van der Waals surface area contributed by atoms with E-state index in [0.29, 0.717) is 33.2 Å². The maximum Gasteiger partial charge on any atom is 0.200 e. The van der Waals surface area contributed by atoms with E-state index in [1.165, 1.54) is 7.11 Å². The van der Waals surface area contributed by atoms with Crippen LogP contribution in [-0.2, 0) is 4.74 Å². The molecule has 1 fully saturated rings. The summed E-state index contributed by atoms with van der Waals surface area (Å²) in [5.74, 6) is 0.864. The van der Waals surface area contributed by atoms with E-state index in [9.17, 15) is 5.11 Å². The van der Waals surface area contributed by atoms with Crippen molar-refractivity contribution in [3.63, 3.8) is 0 Å². The van der Waals surface area contributed by atoms with Crippen molar-refractivity contribution in [2.45, 2.75) is 19.1 Å². The monoisotopic (exact) mass is 405 g/mol. The van der Waals surface area contributed by atoms with E-state index in [1.807, 2.05) is 4.57 Å². The van der Waals surface area contributed by atoms with Crippen molar-refractivity contribution in [1.82, 2.24) is 19.5 Å². The summed E-state index contributed by atoms with van der Waals surface area (Å²) in [5.41, 5.74) is 1.73. The van der Waals surface area contributed by atoms with Crippen molar-refractivity contribution in [2.24, 2.45) is 0 Å². The lowest BCUT2D eigenvalue weighted by Gasteiger charge is -2.13. The zero-order valence-electron chi connectivity index (χ0n) is 13.4. The summed E-state index contributed by atoms with van der Waals surface area (Å²) in [6.45, 7) is 0.735. The average Bonchev–Trinajstić information content (AvgIpc) is 3.25. The molecule has 2 N–H and O–H groups in total. The molecule has 0 amide bonds. The molecule has 1 unspecified atom stereocenters. The third kappa shape index (κ3) is 2.89. The predicted octanol–water partition coefficient (Wildman–Crippen LogP) is 3.36. The number of aromatic hydroxyl groups is 1. The second-order valence-electron chi connectivity index (χ2n) is 5.61. The maximum atomic E-state index is 10.3. The summed E-state index contributed by atoms with van der Waals surface area (Å²) >= 11 is 3.34. The number of nitrogens with one attached hydrogen (secondary N) is 1. The molecule has 1 aromatic carbocycles. The van der Waals surface area contributed by atoms with Gasteiger partial charge in [0, 0.05) is 6.61 Å². The Hall–Kier alpha value is -2.39. The molecule has 1 aliphatic rings. The van der Waals surface area contributed by atoms with Crippen LogP contribution in [0.1, 0.15) is 19.1 Å². The topological polar surface area (TPSA) is 94.3 Å². The summed E-state index contributed by atoms with van der Waals surface area (Å²) in [7, 11) is 1.50. The zero-order valence-corrected chi connectivity index (χ0v) is 15.0. The van der Waals surface area contributed by atoms with E-state index < -0.39 is 0 Å². The van der Waals surface area contributed by atoms with E-state index in [-0.39, 0.29) is 12.0 Å². The Bertz CT molecular complexity index is 924. The van der Waals surface area contributed by atoms with E-state index in [4.69, 9.17) is 9.47 Å². The smallest absolute Gasteiger partial charge is 0.200 e. The van der Waals surface area contributed by atoms with Crippen LogP contribution < -0.4 is 10.1 Å². The van der Waals surface area contributed by atoms with Crippen LogP contribution in [0.2, 0.25) is 0 Å². The van der Waals surface area contributed by atoms with Gasteiger partial charge in [0.2, 0.25) is 4.73 Å². The number of hydrogen-bond donors (Lipinski definition) is 2. The molecule has 130 valence electrons. The summed E-state index contributed by atoms with van der Waals surface area (Å²) in [5, 5.41) is 13.4. The molecule has 2 aromatic heterocycles. The molecule has 9 heteroatoms. The molecule has 8 nitrogen and oxygen atoms in total. The highest BCUT2D eigenvalue weighted by Gasteiger charge is 2.22. The summed E-state index contributed by atoms with van der Waals surface area (Å²) in [4.78, 5) is 13.2. The van der Waals surface area contributed by atoms with E-state index in [1.54, 1.807) is 24.5 Å². The number of para-hydroxylation sites is 1. The number of anilines is 2. The van der Waals surface area contributed by atoms with Crippen LogP contribution in [-0.4, -0.2) is 38.3 Å². The third-order valence-electron chi connectivity index (χ3n) is 4.08. The fraction of sp³-hybridized carbons (Fsp3) is 0.312. The first-order valence-corrected chi connectivity index (χ1v) is 8.61. The van der Waals surface area contributed by atoms with Crippen LogP contribution >= 0.6 is 15.9 Å². The van der Waals surface area contributed by atoms with Gasteiger partial charge in [-0.3, -0.25) is 4.57 Å². The number of hydrogen-bond acceptors (Lipinski definition) is 7. The molecule has 1 saturated heterocycles. The van der Waals surface area contributed by atoms with E-state index in [2.05, 4.69) is 36.2 Å². The second kappa shape index (κ2) is 6.49. The van der Waals surface area contributed by atoms with Gasteiger partial charge in [0.25, 0.3) is 0 Å². The highest BCUT2D eigenvalue weighted by molar-refractivity contribution is 9.10. The number of rotatable bonds is 4. The van der Waals surface area contributed by atoms with Gasteiger partial charge in [-0.15, -0.1) is 0 Å². The van der Waals surface area contributed by atoms with Crippen molar-refractivity contribution in [2.75, 3.05) is 19.0 Å². The van der Waals surface area contributed by atoms with Crippen molar-refractivity contribution in [1.29, 1.82) is 0 Å². The number of halogens is 1. The summed E-state index contributed by atoms with van der Waals surface area (Å²) < 4.78 is 13.2. The Morgan fingerprint density at radius 3 is 3.04 bits per heavy atom. The lowest BCUT2D eigenvalue weighted by molar-refractivity contribution is 0.0592. The van der Waals surface area contributed by atoms with Crippen LogP contribution in [0.25, 0.3) is 11.2 Å². The van der Waals surface area contributed by atoms with Crippen LogP contribution in [0.5, 0.6) is 11.5 Å². The second-order valence-corrected chi connectivity index (χ2v) is 6.32. The number of nitrogens with zero attached hydrogens (tertiary/aromatic N) is 4. The minimum atomic E-state index is -0.0649. The molecule has 0 radical (unpaired) electrons. The minimum Gasteiger partial charge on any atom is -0.503 e. The average molecular weight is 406 g/mol. The van der Waals surface area contributed by atoms with Gasteiger partial charge >= 0.3 is 0 Å². The van der Waals surface area contributed by atoms with Crippen LogP contribution in [0.3, 0.4) is 0 Å². The molecule has 3 aromatic rings. The van der Waals surface area contributed by atoms with Gasteiger partial charge in [0.15, 0.2) is 28.5 Å². The molecule has 25 heavy (non-hydrogen) atoms. The number of aromatic nitrogens is 4. The van der Waals surface area contributed by atoms with Crippen molar-refractivity contribution < 1.29 is 14.6 Å². The molecule has 0 bridgehead atoms. The van der Waals surface area contributed by atoms with Crippen molar-refractivity contribution >= 4 is 38.6 Å². The summed E-state index contributed by atoms with van der Waals surface area (Å²) in [6, 6.07) is 5.19. The Balaban J connectivity index is 1.77. The molecule has 1 aliphatic heterocycles. The van der Waals surface area contributed by atoms with Gasteiger partial charge in [0.1, 0.15) is 6.23 Å². The summed E-state index contributed by atoms with van der Waals surface area (Å²) in [6.07, 6.45) is 3.58. The first-order valence-electron chi connectivity index (χ1n) is 7.82. The van der Waals surface area contributed by atoms with Gasteiger partial charge in [0.05, 0.1) is 19.1 Å². The lowest BCUT2D eigenvalue weighted by atomic mass is 10.2. The fourth-order valence-electron chi connectivity index (χ4n) is 2.88. The quantitative estimate of drug-likeness (QED) is 0.507. The molecular weight excluding hydrogens is 390 g/mol. The predicted molar refractivity (Wildman–Crippen MR) is 95.2 cm³/mol. The number of methoxy groups -OCH3 is 1. The molecule has 3 heterocycles. The highest BCUT2D eigenvalue weighted by atomic mass is 79.9. The van der Waals surface area contributed by atoms with Crippen LogP contribution in [0.15, 0.2) is 29.3 Å². The van der Waals surface area contributed by atoms with Gasteiger partial charge in [-0.25, -0.2) is 15.0 Å². The number of fused-ring (bicyclic) bond motifs is 1. The molecule has 0 spiro atoms. The van der Waals surface area contributed by atoms with Gasteiger partial charge < -0.3 is 19.9 Å². The molecule has 0 saturated carbocycles. The lowest BCUT2D eigenvalue weighted by Crippen LogP contribution is -2.07. The Labute approximate surface area is 152 Å². The number of benzene rings is 1. The van der Waals surface area contributed by atoms with E-state index in [0.717, 1.165) is 19.4 Å². The number of phenolic OH excluding ortho intramolecular Hbond substituents is 1. The first-order chi connectivity index (χ1) is 12.2. The zero-order chi connectivity index (χ0) is 17.4. The molecule has 0 aliphatic carbocycles. The van der Waals surface area contributed by atoms with Crippen LogP contribution in [0.4, 0.5) is 11.5 Å². The number of phenols is 1. The fourth-order valence-corrected chi connectivity index (χ4v) is 3.23. The Morgan fingerprint density at radius 2 is 2.28 bits per heavy atom. The van der Waals surface area contributed by atoms with Crippen molar-refractivity contribution in [3.8, 4) is 11.5 Å². The molecule has 4 rings (SSSR count). The van der Waals surface area contributed by atoms with Crippen LogP contribution in [0, 0.1) is 0 Å². The van der Waals surface area contributed by atoms with Gasteiger partial charge in [-0.1, -0.05) is 6.07 Å².